The zero-order valence-corrected chi connectivity index (χ0v) is 21.0. The summed E-state index contributed by atoms with van der Waals surface area (Å²) in [5.41, 5.74) is 4.53. The molecule has 7 heteroatoms. The molecule has 4 rings (SSSR count). The molecule has 0 atom stereocenters. The molecule has 7 nitrogen and oxygen atoms in total. The summed E-state index contributed by atoms with van der Waals surface area (Å²) in [7, 11) is 1.36. The molecule has 1 aliphatic rings. The van der Waals surface area contributed by atoms with Crippen LogP contribution in [0.25, 0.3) is 6.08 Å². The Morgan fingerprint density at radius 2 is 1.57 bits per heavy atom. The second kappa shape index (κ2) is 12.6. The van der Waals surface area contributed by atoms with E-state index in [4.69, 9.17) is 23.7 Å². The third-order valence-electron chi connectivity index (χ3n) is 5.86. The molecule has 3 aromatic rings. The molecule has 0 spiro atoms. The number of aryl methyl sites for hydroxylation is 2. The Bertz CT molecular complexity index is 1240. The minimum atomic E-state index is -0.371. The highest BCUT2D eigenvalue weighted by Gasteiger charge is 2.17. The highest BCUT2D eigenvalue weighted by atomic mass is 16.6. The van der Waals surface area contributed by atoms with Crippen LogP contribution in [0.15, 0.2) is 66.7 Å². The fourth-order valence-electron chi connectivity index (χ4n) is 3.89. The van der Waals surface area contributed by atoms with Crippen molar-refractivity contribution in [2.45, 2.75) is 26.4 Å². The van der Waals surface area contributed by atoms with Crippen LogP contribution in [0.5, 0.6) is 17.2 Å². The van der Waals surface area contributed by atoms with Gasteiger partial charge in [0.15, 0.2) is 11.5 Å². The molecular formula is C30H30O7. The van der Waals surface area contributed by atoms with Gasteiger partial charge in [-0.25, -0.2) is 9.59 Å². The number of hydrogen-bond acceptors (Lipinski definition) is 7. The summed E-state index contributed by atoms with van der Waals surface area (Å²) in [6, 6.07) is 19.1. The van der Waals surface area contributed by atoms with Gasteiger partial charge in [0.2, 0.25) is 0 Å². The van der Waals surface area contributed by atoms with Crippen LogP contribution in [-0.4, -0.2) is 38.9 Å². The summed E-state index contributed by atoms with van der Waals surface area (Å²) in [4.78, 5) is 23.2. The molecule has 0 saturated heterocycles. The fourth-order valence-corrected chi connectivity index (χ4v) is 3.89. The Balaban J connectivity index is 1.44. The first-order valence-electron chi connectivity index (χ1n) is 12.2. The molecule has 1 aliphatic heterocycles. The fraction of sp³-hybridized carbons (Fsp3) is 0.267. The van der Waals surface area contributed by atoms with Gasteiger partial charge in [-0.2, -0.15) is 0 Å². The minimum absolute atomic E-state index is 0.343. The molecule has 0 amide bonds. The van der Waals surface area contributed by atoms with Crippen LogP contribution < -0.4 is 14.2 Å². The monoisotopic (exact) mass is 502 g/mol. The molecule has 0 radical (unpaired) electrons. The van der Waals surface area contributed by atoms with E-state index in [1.165, 1.54) is 13.2 Å². The van der Waals surface area contributed by atoms with Crippen LogP contribution in [-0.2, 0) is 33.7 Å². The van der Waals surface area contributed by atoms with Gasteiger partial charge < -0.3 is 23.7 Å². The lowest BCUT2D eigenvalue weighted by Crippen LogP contribution is -2.16. The van der Waals surface area contributed by atoms with Gasteiger partial charge in [-0.05, 0) is 66.3 Å². The van der Waals surface area contributed by atoms with Crippen molar-refractivity contribution < 1.29 is 33.3 Å². The van der Waals surface area contributed by atoms with E-state index in [1.54, 1.807) is 25.1 Å². The second-order valence-corrected chi connectivity index (χ2v) is 8.41. The largest absolute Gasteiger partial charge is 0.488 e. The number of fused-ring (bicyclic) bond motifs is 1. The maximum Gasteiger partial charge on any atom is 0.337 e. The van der Waals surface area contributed by atoms with Crippen molar-refractivity contribution in [3.8, 4) is 17.2 Å². The molecule has 1 heterocycles. The molecule has 0 bridgehead atoms. The van der Waals surface area contributed by atoms with Crippen LogP contribution in [0.3, 0.4) is 0 Å². The van der Waals surface area contributed by atoms with Crippen molar-refractivity contribution in [2.75, 3.05) is 26.9 Å². The molecule has 0 unspecified atom stereocenters. The molecule has 0 N–H and O–H groups in total. The van der Waals surface area contributed by atoms with E-state index in [-0.39, 0.29) is 11.9 Å². The average molecular weight is 503 g/mol. The lowest BCUT2D eigenvalue weighted by atomic mass is 10.0. The zero-order valence-electron chi connectivity index (χ0n) is 21.0. The first kappa shape index (κ1) is 25.8. The van der Waals surface area contributed by atoms with E-state index in [1.807, 2.05) is 48.5 Å². The van der Waals surface area contributed by atoms with Crippen LogP contribution in [0.4, 0.5) is 0 Å². The van der Waals surface area contributed by atoms with Crippen molar-refractivity contribution in [3.05, 3.63) is 94.6 Å². The summed E-state index contributed by atoms with van der Waals surface area (Å²) in [6.07, 6.45) is 4.71. The Labute approximate surface area is 216 Å². The highest BCUT2D eigenvalue weighted by molar-refractivity contribution is 5.89. The van der Waals surface area contributed by atoms with Gasteiger partial charge in [-0.1, -0.05) is 36.4 Å². The van der Waals surface area contributed by atoms with Gasteiger partial charge in [0.25, 0.3) is 0 Å². The summed E-state index contributed by atoms with van der Waals surface area (Å²) >= 11 is 0. The van der Waals surface area contributed by atoms with E-state index >= 15 is 0 Å². The van der Waals surface area contributed by atoms with Crippen LogP contribution >= 0.6 is 0 Å². The van der Waals surface area contributed by atoms with Crippen molar-refractivity contribution >= 4 is 18.0 Å². The Hall–Kier alpha value is -4.26. The van der Waals surface area contributed by atoms with E-state index < -0.39 is 0 Å². The lowest BCUT2D eigenvalue weighted by Gasteiger charge is -2.21. The maximum absolute atomic E-state index is 11.7. The zero-order chi connectivity index (χ0) is 26.0. The van der Waals surface area contributed by atoms with Crippen LogP contribution in [0.1, 0.15) is 39.5 Å². The predicted molar refractivity (Wildman–Crippen MR) is 139 cm³/mol. The summed E-state index contributed by atoms with van der Waals surface area (Å²) in [5.74, 6) is 1.40. The predicted octanol–water partition coefficient (Wildman–Crippen LogP) is 5.18. The first-order chi connectivity index (χ1) is 18.1. The molecule has 37 heavy (non-hydrogen) atoms. The number of methoxy groups -OCH3 is 1. The number of ether oxygens (including phenoxy) is 5. The number of esters is 2. The molecule has 0 aliphatic carbocycles. The SMILES string of the molecule is CCOC(=O)/C=C/c1ccc(CCc2cc3c(cc2OCc2ccc(C(=O)OC)cc2)OCCO3)cc1. The second-order valence-electron chi connectivity index (χ2n) is 8.41. The number of benzene rings is 3. The van der Waals surface area contributed by atoms with Crippen molar-refractivity contribution in [1.82, 2.24) is 0 Å². The standard InChI is InChI=1S/C30H30O7/c1-3-34-29(31)15-11-22-6-4-21(5-7-22)8-14-25-18-27-28(36-17-16-35-27)19-26(25)37-20-23-9-12-24(13-10-23)30(32)33-2/h4-7,9-13,15,18-19H,3,8,14,16-17,20H2,1-2H3/b15-11+. The summed E-state index contributed by atoms with van der Waals surface area (Å²) in [6.45, 7) is 3.49. The highest BCUT2D eigenvalue weighted by Crippen LogP contribution is 2.37. The smallest absolute Gasteiger partial charge is 0.337 e. The van der Waals surface area contributed by atoms with E-state index in [2.05, 4.69) is 0 Å². The number of carbonyl (C=O) groups is 2. The number of carbonyl (C=O) groups excluding carboxylic acids is 2. The normalized spacial score (nSPS) is 12.3. The van der Waals surface area contributed by atoms with Crippen molar-refractivity contribution in [3.63, 3.8) is 0 Å². The quantitative estimate of drug-likeness (QED) is 0.279. The molecule has 0 aromatic heterocycles. The van der Waals surface area contributed by atoms with Gasteiger partial charge in [0.05, 0.1) is 19.3 Å². The Morgan fingerprint density at radius 3 is 2.24 bits per heavy atom. The minimum Gasteiger partial charge on any atom is -0.488 e. The maximum atomic E-state index is 11.7. The summed E-state index contributed by atoms with van der Waals surface area (Å²) < 4.78 is 27.4. The molecule has 0 saturated carbocycles. The average Bonchev–Trinajstić information content (AvgIpc) is 2.94. The molecule has 0 fully saturated rings. The van der Waals surface area contributed by atoms with Gasteiger partial charge in [0, 0.05) is 12.1 Å². The third-order valence-corrected chi connectivity index (χ3v) is 5.86. The van der Waals surface area contributed by atoms with Crippen LogP contribution in [0, 0.1) is 0 Å². The molecular weight excluding hydrogens is 472 g/mol. The Kier molecular flexibility index (Phi) is 8.81. The molecule has 3 aromatic carbocycles. The van der Waals surface area contributed by atoms with Gasteiger partial charge in [-0.3, -0.25) is 0 Å². The number of rotatable bonds is 10. The summed E-state index contributed by atoms with van der Waals surface area (Å²) in [5, 5.41) is 0. The van der Waals surface area contributed by atoms with E-state index in [0.717, 1.165) is 46.6 Å². The van der Waals surface area contributed by atoms with Gasteiger partial charge >= 0.3 is 11.9 Å². The third kappa shape index (κ3) is 7.13. The topological polar surface area (TPSA) is 80.3 Å². The Morgan fingerprint density at radius 1 is 0.892 bits per heavy atom. The molecule has 192 valence electrons. The van der Waals surface area contributed by atoms with Crippen molar-refractivity contribution in [2.24, 2.45) is 0 Å². The first-order valence-corrected chi connectivity index (χ1v) is 12.2. The van der Waals surface area contributed by atoms with E-state index in [9.17, 15) is 9.59 Å². The lowest BCUT2D eigenvalue weighted by molar-refractivity contribution is -0.137. The van der Waals surface area contributed by atoms with Crippen LogP contribution in [0.2, 0.25) is 0 Å². The van der Waals surface area contributed by atoms with Crippen molar-refractivity contribution in [1.29, 1.82) is 0 Å². The number of hydrogen-bond donors (Lipinski definition) is 0. The van der Waals surface area contributed by atoms with E-state index in [0.29, 0.717) is 37.7 Å². The van der Waals surface area contributed by atoms with Gasteiger partial charge in [-0.15, -0.1) is 0 Å². The van der Waals surface area contributed by atoms with Gasteiger partial charge in [0.1, 0.15) is 25.6 Å².